The average Bonchev–Trinajstić information content (AvgIpc) is 2.59. The van der Waals surface area contributed by atoms with Crippen LogP contribution in [-0.2, 0) is 14.4 Å². The Labute approximate surface area is 164 Å². The van der Waals surface area contributed by atoms with Gasteiger partial charge in [0.15, 0.2) is 0 Å². The first-order valence-electron chi connectivity index (χ1n) is 10.6. The summed E-state index contributed by atoms with van der Waals surface area (Å²) in [6.45, 7) is 3.59. The number of aliphatic carboxylic acids is 1. The molecule has 1 atom stereocenters. The van der Waals surface area contributed by atoms with Gasteiger partial charge in [-0.15, -0.1) is 0 Å². The molecular weight excluding hydrogens is 344 g/mol. The SMILES string of the molecule is CC(C)[C@H](NC(=O)CCCCCCCCCCCCCCC(N)=O)C(=O)O. The zero-order chi connectivity index (χ0) is 20.5. The zero-order valence-corrected chi connectivity index (χ0v) is 17.3. The van der Waals surface area contributed by atoms with E-state index < -0.39 is 12.0 Å². The van der Waals surface area contributed by atoms with E-state index in [1.54, 1.807) is 13.8 Å². The number of carbonyl (C=O) groups excluding carboxylic acids is 2. The number of primary amides is 1. The van der Waals surface area contributed by atoms with Gasteiger partial charge >= 0.3 is 5.97 Å². The lowest BCUT2D eigenvalue weighted by Crippen LogP contribution is -2.44. The average molecular weight is 385 g/mol. The molecule has 0 saturated carbocycles. The fourth-order valence-corrected chi connectivity index (χ4v) is 3.11. The minimum Gasteiger partial charge on any atom is -0.480 e. The lowest BCUT2D eigenvalue weighted by Gasteiger charge is -2.17. The van der Waals surface area contributed by atoms with Crippen LogP contribution in [0.25, 0.3) is 0 Å². The predicted octanol–water partition coefficient (Wildman–Crippen LogP) is 4.16. The maximum Gasteiger partial charge on any atom is 0.326 e. The van der Waals surface area contributed by atoms with Crippen molar-refractivity contribution in [3.8, 4) is 0 Å². The number of nitrogens with one attached hydrogen (secondary N) is 1. The second kappa shape index (κ2) is 16.6. The number of rotatable bonds is 18. The summed E-state index contributed by atoms with van der Waals surface area (Å²) in [6.07, 6.45) is 14.6. The Hall–Kier alpha value is -1.59. The Kier molecular flexibility index (Phi) is 15.6. The largest absolute Gasteiger partial charge is 0.480 e. The Bertz CT molecular complexity index is 424. The van der Waals surface area contributed by atoms with Crippen molar-refractivity contribution in [2.75, 3.05) is 0 Å². The first kappa shape index (κ1) is 25.4. The van der Waals surface area contributed by atoms with Gasteiger partial charge in [0.2, 0.25) is 11.8 Å². The van der Waals surface area contributed by atoms with Crippen molar-refractivity contribution in [2.24, 2.45) is 11.7 Å². The van der Waals surface area contributed by atoms with Crippen LogP contribution >= 0.6 is 0 Å². The van der Waals surface area contributed by atoms with E-state index in [0.29, 0.717) is 12.8 Å². The summed E-state index contributed by atoms with van der Waals surface area (Å²) in [5.74, 6) is -1.44. The highest BCUT2D eigenvalue weighted by Gasteiger charge is 2.22. The zero-order valence-electron chi connectivity index (χ0n) is 17.3. The number of nitrogens with two attached hydrogens (primary N) is 1. The van der Waals surface area contributed by atoms with Gasteiger partial charge < -0.3 is 16.2 Å². The van der Waals surface area contributed by atoms with E-state index in [9.17, 15) is 14.4 Å². The van der Waals surface area contributed by atoms with Gasteiger partial charge in [-0.2, -0.15) is 0 Å². The minimum absolute atomic E-state index is 0.110. The lowest BCUT2D eigenvalue weighted by molar-refractivity contribution is -0.143. The molecule has 0 saturated heterocycles. The Morgan fingerprint density at radius 1 is 0.741 bits per heavy atom. The summed E-state index contributed by atoms with van der Waals surface area (Å²) in [7, 11) is 0. The van der Waals surface area contributed by atoms with Crippen LogP contribution in [0.5, 0.6) is 0 Å². The standard InChI is InChI=1S/C21H40N2O4/c1-17(2)20(21(26)27)23-19(25)16-14-12-10-8-6-4-3-5-7-9-11-13-15-18(22)24/h17,20H,3-16H2,1-2H3,(H2,22,24)(H,23,25)(H,26,27)/t20-/m0/s1. The van der Waals surface area contributed by atoms with Gasteiger partial charge in [-0.1, -0.05) is 78.1 Å². The van der Waals surface area contributed by atoms with Crippen molar-refractivity contribution >= 4 is 17.8 Å². The highest BCUT2D eigenvalue weighted by Crippen LogP contribution is 2.13. The first-order valence-corrected chi connectivity index (χ1v) is 10.6. The molecule has 0 aromatic rings. The van der Waals surface area contributed by atoms with Gasteiger partial charge in [-0.25, -0.2) is 4.79 Å². The van der Waals surface area contributed by atoms with Gasteiger partial charge in [0.1, 0.15) is 6.04 Å². The molecule has 158 valence electrons. The molecule has 27 heavy (non-hydrogen) atoms. The molecule has 0 aliphatic rings. The summed E-state index contributed by atoms with van der Waals surface area (Å²) in [4.78, 5) is 33.5. The molecule has 6 nitrogen and oxygen atoms in total. The van der Waals surface area contributed by atoms with Crippen LogP contribution in [-0.4, -0.2) is 28.9 Å². The number of carbonyl (C=O) groups is 3. The molecule has 6 heteroatoms. The van der Waals surface area contributed by atoms with Crippen LogP contribution in [0, 0.1) is 5.92 Å². The smallest absolute Gasteiger partial charge is 0.326 e. The highest BCUT2D eigenvalue weighted by atomic mass is 16.4. The van der Waals surface area contributed by atoms with E-state index in [1.807, 2.05) is 0 Å². The Balaban J connectivity index is 3.39. The summed E-state index contributed by atoms with van der Waals surface area (Å²) in [6, 6.07) is -0.791. The molecule has 0 spiro atoms. The van der Waals surface area contributed by atoms with Crippen molar-refractivity contribution < 1.29 is 19.5 Å². The molecule has 0 aliphatic heterocycles. The fraction of sp³-hybridized carbons (Fsp3) is 0.857. The Morgan fingerprint density at radius 2 is 1.11 bits per heavy atom. The second-order valence-corrected chi connectivity index (χ2v) is 7.84. The van der Waals surface area contributed by atoms with Crippen molar-refractivity contribution in [1.82, 2.24) is 5.32 Å². The van der Waals surface area contributed by atoms with Crippen molar-refractivity contribution in [2.45, 2.75) is 110 Å². The van der Waals surface area contributed by atoms with Gasteiger partial charge in [-0.05, 0) is 18.8 Å². The number of hydrogen-bond donors (Lipinski definition) is 3. The van der Waals surface area contributed by atoms with E-state index in [4.69, 9.17) is 10.8 Å². The van der Waals surface area contributed by atoms with E-state index in [1.165, 1.54) is 44.9 Å². The predicted molar refractivity (Wildman–Crippen MR) is 108 cm³/mol. The summed E-state index contributed by atoms with van der Waals surface area (Å²) in [5, 5.41) is 11.7. The molecule has 0 rings (SSSR count). The molecule has 0 radical (unpaired) electrons. The lowest BCUT2D eigenvalue weighted by atomic mass is 10.0. The molecule has 0 aromatic carbocycles. The maximum atomic E-state index is 11.8. The topological polar surface area (TPSA) is 109 Å². The van der Waals surface area contributed by atoms with Crippen LogP contribution in [0.15, 0.2) is 0 Å². The fourth-order valence-electron chi connectivity index (χ4n) is 3.11. The molecule has 0 heterocycles. The van der Waals surface area contributed by atoms with Crippen LogP contribution in [0.2, 0.25) is 0 Å². The molecule has 0 bridgehead atoms. The van der Waals surface area contributed by atoms with E-state index in [0.717, 1.165) is 32.1 Å². The summed E-state index contributed by atoms with van der Waals surface area (Å²) < 4.78 is 0. The second-order valence-electron chi connectivity index (χ2n) is 7.84. The van der Waals surface area contributed by atoms with Crippen LogP contribution in [0.1, 0.15) is 104 Å². The van der Waals surface area contributed by atoms with Crippen molar-refractivity contribution in [1.29, 1.82) is 0 Å². The van der Waals surface area contributed by atoms with E-state index in [-0.39, 0.29) is 17.7 Å². The molecule has 0 unspecified atom stereocenters. The maximum absolute atomic E-state index is 11.8. The number of amides is 2. The summed E-state index contributed by atoms with van der Waals surface area (Å²) in [5.41, 5.74) is 5.11. The van der Waals surface area contributed by atoms with Gasteiger partial charge in [0.05, 0.1) is 0 Å². The number of hydrogen-bond acceptors (Lipinski definition) is 3. The molecule has 4 N–H and O–H groups in total. The van der Waals surface area contributed by atoms with E-state index in [2.05, 4.69) is 5.32 Å². The molecule has 0 aromatic heterocycles. The highest BCUT2D eigenvalue weighted by molar-refractivity contribution is 5.83. The van der Waals surface area contributed by atoms with Crippen molar-refractivity contribution in [3.05, 3.63) is 0 Å². The third-order valence-electron chi connectivity index (χ3n) is 4.83. The number of carboxylic acid groups (broad SMARTS) is 1. The van der Waals surface area contributed by atoms with Crippen molar-refractivity contribution in [3.63, 3.8) is 0 Å². The number of unbranched alkanes of at least 4 members (excludes halogenated alkanes) is 11. The molecule has 0 aliphatic carbocycles. The third-order valence-corrected chi connectivity index (χ3v) is 4.83. The van der Waals surface area contributed by atoms with Gasteiger partial charge in [0.25, 0.3) is 0 Å². The quantitative estimate of drug-likeness (QED) is 0.308. The monoisotopic (exact) mass is 384 g/mol. The Morgan fingerprint density at radius 3 is 1.44 bits per heavy atom. The molecule has 0 fully saturated rings. The minimum atomic E-state index is -0.969. The van der Waals surface area contributed by atoms with Gasteiger partial charge in [0, 0.05) is 12.8 Å². The van der Waals surface area contributed by atoms with Gasteiger partial charge in [-0.3, -0.25) is 9.59 Å². The van der Waals surface area contributed by atoms with Crippen LogP contribution < -0.4 is 11.1 Å². The number of carboxylic acids is 1. The van der Waals surface area contributed by atoms with Crippen LogP contribution in [0.3, 0.4) is 0 Å². The normalized spacial score (nSPS) is 12.1. The first-order chi connectivity index (χ1) is 12.8. The van der Waals surface area contributed by atoms with E-state index >= 15 is 0 Å². The molecule has 2 amide bonds. The third kappa shape index (κ3) is 16.3. The molecular formula is C21H40N2O4. The summed E-state index contributed by atoms with van der Waals surface area (Å²) >= 11 is 0. The van der Waals surface area contributed by atoms with Crippen LogP contribution in [0.4, 0.5) is 0 Å².